The third-order valence-electron chi connectivity index (χ3n) is 7.41. The Labute approximate surface area is 221 Å². The summed E-state index contributed by atoms with van der Waals surface area (Å²) in [5.74, 6) is 0.0655. The Morgan fingerprint density at radius 3 is 2.65 bits per heavy atom. The summed E-state index contributed by atoms with van der Waals surface area (Å²) in [6, 6.07) is 5.60. The highest BCUT2D eigenvalue weighted by Crippen LogP contribution is 2.45. The number of aromatic nitrogens is 4. The standard InChI is InChI=1S/C28H34F2N6S/c1-17-8-9-18(12-22(31)25-20(29)6-5-7-21(25)30)26(32)19(13-28(17,2)3)23-10-11-33-27(35-23)24-14-36(15-34-24)16-37-4/h5-7,10-12,14-15,17,19H,8-9,13,16,31-32H2,1-4H3/b22-12-,26-18-. The van der Waals surface area contributed by atoms with E-state index in [4.69, 9.17) is 16.5 Å². The lowest BCUT2D eigenvalue weighted by Crippen LogP contribution is -2.30. The van der Waals surface area contributed by atoms with Crippen LogP contribution >= 0.6 is 11.8 Å². The van der Waals surface area contributed by atoms with Crippen LogP contribution in [0.1, 0.15) is 57.2 Å². The summed E-state index contributed by atoms with van der Waals surface area (Å²) in [7, 11) is 0. The number of imidazole rings is 1. The predicted molar refractivity (Wildman–Crippen MR) is 146 cm³/mol. The van der Waals surface area contributed by atoms with Gasteiger partial charge < -0.3 is 16.0 Å². The zero-order valence-corrected chi connectivity index (χ0v) is 22.5. The maximum Gasteiger partial charge on any atom is 0.179 e. The smallest absolute Gasteiger partial charge is 0.179 e. The van der Waals surface area contributed by atoms with Crippen LogP contribution in [-0.4, -0.2) is 25.8 Å². The van der Waals surface area contributed by atoms with Gasteiger partial charge in [0.05, 0.1) is 23.5 Å². The fraction of sp³-hybridized carbons (Fsp3) is 0.393. The van der Waals surface area contributed by atoms with Gasteiger partial charge in [-0.05, 0) is 66.7 Å². The van der Waals surface area contributed by atoms with Crippen LogP contribution in [0.25, 0.3) is 17.2 Å². The Kier molecular flexibility index (Phi) is 8.02. The zero-order valence-electron chi connectivity index (χ0n) is 21.7. The van der Waals surface area contributed by atoms with Gasteiger partial charge in [-0.2, -0.15) is 0 Å². The Bertz CT molecular complexity index is 1310. The summed E-state index contributed by atoms with van der Waals surface area (Å²) in [6.45, 7) is 6.71. The number of allylic oxidation sites excluding steroid dienone is 3. The molecule has 37 heavy (non-hydrogen) atoms. The third-order valence-corrected chi connectivity index (χ3v) is 7.97. The molecule has 0 saturated heterocycles. The van der Waals surface area contributed by atoms with E-state index in [0.29, 0.717) is 29.6 Å². The summed E-state index contributed by atoms with van der Waals surface area (Å²) < 4.78 is 30.8. The minimum absolute atomic E-state index is 0.0151. The number of benzene rings is 1. The molecule has 1 aromatic carbocycles. The van der Waals surface area contributed by atoms with E-state index < -0.39 is 11.6 Å². The maximum atomic E-state index is 14.4. The molecule has 0 saturated carbocycles. The average Bonchev–Trinajstić information content (AvgIpc) is 3.33. The summed E-state index contributed by atoms with van der Waals surface area (Å²) in [5, 5.41) is 0. The third kappa shape index (κ3) is 5.87. The lowest BCUT2D eigenvalue weighted by atomic mass is 9.68. The number of thioether (sulfide) groups is 1. The molecule has 0 radical (unpaired) electrons. The lowest BCUT2D eigenvalue weighted by Gasteiger charge is -2.38. The van der Waals surface area contributed by atoms with Crippen molar-refractivity contribution in [1.29, 1.82) is 0 Å². The van der Waals surface area contributed by atoms with Crippen LogP contribution in [0.15, 0.2) is 60.3 Å². The second kappa shape index (κ2) is 11.0. The number of hydrogen-bond acceptors (Lipinski definition) is 6. The van der Waals surface area contributed by atoms with Crippen molar-refractivity contribution in [2.24, 2.45) is 22.8 Å². The molecule has 2 atom stereocenters. The van der Waals surface area contributed by atoms with E-state index in [1.165, 1.54) is 18.2 Å². The first-order valence-electron chi connectivity index (χ1n) is 12.3. The van der Waals surface area contributed by atoms with Crippen LogP contribution in [0, 0.1) is 23.0 Å². The molecule has 2 unspecified atom stereocenters. The number of nitrogens with zero attached hydrogens (tertiary/aromatic N) is 4. The highest BCUT2D eigenvalue weighted by atomic mass is 32.2. The molecule has 2 aromatic heterocycles. The van der Waals surface area contributed by atoms with Crippen LogP contribution in [-0.2, 0) is 5.88 Å². The van der Waals surface area contributed by atoms with Gasteiger partial charge in [-0.3, -0.25) is 0 Å². The van der Waals surface area contributed by atoms with Crippen molar-refractivity contribution in [2.75, 3.05) is 6.26 Å². The molecule has 3 aromatic rings. The highest BCUT2D eigenvalue weighted by molar-refractivity contribution is 7.97. The van der Waals surface area contributed by atoms with Gasteiger partial charge in [-0.15, -0.1) is 11.8 Å². The van der Waals surface area contributed by atoms with Crippen LogP contribution in [0.3, 0.4) is 0 Å². The van der Waals surface area contributed by atoms with Gasteiger partial charge >= 0.3 is 0 Å². The van der Waals surface area contributed by atoms with Gasteiger partial charge in [0, 0.05) is 29.7 Å². The molecule has 0 fully saturated rings. The number of halogens is 2. The highest BCUT2D eigenvalue weighted by Gasteiger charge is 2.34. The first-order valence-corrected chi connectivity index (χ1v) is 13.7. The minimum atomic E-state index is -0.703. The van der Waals surface area contributed by atoms with Crippen molar-refractivity contribution < 1.29 is 8.78 Å². The van der Waals surface area contributed by atoms with E-state index in [9.17, 15) is 8.78 Å². The van der Waals surface area contributed by atoms with Crippen LogP contribution in [0.4, 0.5) is 8.78 Å². The number of hydrogen-bond donors (Lipinski definition) is 2. The van der Waals surface area contributed by atoms with Crippen molar-refractivity contribution in [2.45, 2.75) is 51.8 Å². The van der Waals surface area contributed by atoms with Crippen LogP contribution in [0.5, 0.6) is 0 Å². The molecule has 1 aliphatic rings. The molecule has 196 valence electrons. The molecule has 9 heteroatoms. The first kappa shape index (κ1) is 26.9. The zero-order chi connectivity index (χ0) is 26.7. The van der Waals surface area contributed by atoms with Gasteiger partial charge in [0.1, 0.15) is 17.3 Å². The van der Waals surface area contributed by atoms with Gasteiger partial charge in [-0.1, -0.05) is 26.8 Å². The predicted octanol–water partition coefficient (Wildman–Crippen LogP) is 6.08. The largest absolute Gasteiger partial charge is 0.401 e. The fourth-order valence-corrected chi connectivity index (χ4v) is 5.25. The molecule has 0 spiro atoms. The Hall–Kier alpha value is -3.20. The van der Waals surface area contributed by atoms with Crippen molar-refractivity contribution in [3.8, 4) is 11.5 Å². The molecule has 2 heterocycles. The van der Waals surface area contributed by atoms with Crippen LogP contribution < -0.4 is 11.5 Å². The molecular formula is C28H34F2N6S. The normalized spacial score (nSPS) is 22.5. The summed E-state index contributed by atoms with van der Waals surface area (Å²) in [6.07, 6.45) is 11.3. The average molecular weight is 525 g/mol. The summed E-state index contributed by atoms with van der Waals surface area (Å²) >= 11 is 1.70. The van der Waals surface area contributed by atoms with E-state index in [0.717, 1.165) is 30.0 Å². The SMILES string of the molecule is CSCn1cnc(-c2nccc(C3CC(C)(C)C(C)CCC(/C=C(\N)c4c(F)cccc4F)=C\3N)n2)c1. The number of nitrogens with two attached hydrogens (primary N) is 2. The van der Waals surface area contributed by atoms with E-state index in [1.807, 2.05) is 23.1 Å². The quantitative estimate of drug-likeness (QED) is 0.406. The van der Waals surface area contributed by atoms with Crippen LogP contribution in [0.2, 0.25) is 0 Å². The molecule has 4 N–H and O–H groups in total. The molecule has 0 aliphatic heterocycles. The van der Waals surface area contributed by atoms with Crippen molar-refractivity contribution in [1.82, 2.24) is 19.5 Å². The monoisotopic (exact) mass is 524 g/mol. The minimum Gasteiger partial charge on any atom is -0.401 e. The summed E-state index contributed by atoms with van der Waals surface area (Å²) in [4.78, 5) is 13.8. The molecule has 0 bridgehead atoms. The second-order valence-electron chi connectivity index (χ2n) is 10.4. The van der Waals surface area contributed by atoms with Gasteiger partial charge in [0.25, 0.3) is 0 Å². The van der Waals surface area contributed by atoms with Gasteiger partial charge in [-0.25, -0.2) is 23.7 Å². The van der Waals surface area contributed by atoms with Crippen molar-refractivity contribution >= 4 is 17.5 Å². The molecule has 1 aliphatic carbocycles. The molecule has 0 amide bonds. The first-order chi connectivity index (χ1) is 17.6. The lowest BCUT2D eigenvalue weighted by molar-refractivity contribution is 0.185. The second-order valence-corrected chi connectivity index (χ2v) is 11.2. The van der Waals surface area contributed by atoms with E-state index >= 15 is 0 Å². The Morgan fingerprint density at radius 2 is 1.95 bits per heavy atom. The maximum absolute atomic E-state index is 14.4. The molecule has 6 nitrogen and oxygen atoms in total. The van der Waals surface area contributed by atoms with E-state index in [-0.39, 0.29) is 22.6 Å². The summed E-state index contributed by atoms with van der Waals surface area (Å²) in [5.41, 5.74) is 15.7. The van der Waals surface area contributed by atoms with E-state index in [2.05, 4.69) is 30.7 Å². The topological polar surface area (TPSA) is 95.6 Å². The van der Waals surface area contributed by atoms with Gasteiger partial charge in [0.15, 0.2) is 5.82 Å². The van der Waals surface area contributed by atoms with Crippen molar-refractivity contribution in [3.63, 3.8) is 0 Å². The van der Waals surface area contributed by atoms with Gasteiger partial charge in [0.2, 0.25) is 0 Å². The Morgan fingerprint density at radius 1 is 1.22 bits per heavy atom. The van der Waals surface area contributed by atoms with Crippen molar-refractivity contribution in [3.05, 3.63) is 83.2 Å². The number of rotatable bonds is 6. The molecule has 4 rings (SSSR count). The fourth-order valence-electron chi connectivity index (χ4n) is 4.81. The Balaban J connectivity index is 1.79. The molecular weight excluding hydrogens is 490 g/mol. The van der Waals surface area contributed by atoms with E-state index in [1.54, 1.807) is 30.4 Å².